The molecule has 0 amide bonds. The van der Waals surface area contributed by atoms with Crippen molar-refractivity contribution in [2.75, 3.05) is 0 Å². The van der Waals surface area contributed by atoms with Gasteiger partial charge in [-0.2, -0.15) is 4.72 Å². The summed E-state index contributed by atoms with van der Waals surface area (Å²) in [5.74, 6) is -1.09. The lowest BCUT2D eigenvalue weighted by Crippen LogP contribution is -2.50. The van der Waals surface area contributed by atoms with E-state index < -0.39 is 27.6 Å². The Balaban J connectivity index is 2.08. The number of carbonyl (C=O) groups excluding carboxylic acids is 2. The van der Waals surface area contributed by atoms with Gasteiger partial charge in [-0.3, -0.25) is 9.59 Å². The van der Waals surface area contributed by atoms with Crippen molar-refractivity contribution in [2.45, 2.75) is 10.9 Å². The van der Waals surface area contributed by atoms with Crippen LogP contribution in [0.4, 0.5) is 0 Å². The van der Waals surface area contributed by atoms with Gasteiger partial charge in [-0.15, -0.1) is 0 Å². The van der Waals surface area contributed by atoms with Crippen molar-refractivity contribution in [2.24, 2.45) is 0 Å². The van der Waals surface area contributed by atoms with Crippen LogP contribution in [0.3, 0.4) is 0 Å². The third-order valence-electron chi connectivity index (χ3n) is 3.30. The van der Waals surface area contributed by atoms with Crippen molar-refractivity contribution in [3.05, 3.63) is 65.7 Å². The number of sulfonamides is 1. The largest absolute Gasteiger partial charge is 0.292 e. The molecule has 0 aromatic heterocycles. The first-order valence-electron chi connectivity index (χ1n) is 6.25. The van der Waals surface area contributed by atoms with Gasteiger partial charge in [0, 0.05) is 11.1 Å². The molecular formula is C15H11NO4S. The van der Waals surface area contributed by atoms with Gasteiger partial charge < -0.3 is 0 Å². The van der Waals surface area contributed by atoms with Crippen LogP contribution < -0.4 is 4.72 Å². The Morgan fingerprint density at radius 3 is 2.29 bits per heavy atom. The highest BCUT2D eigenvalue weighted by molar-refractivity contribution is 7.89. The van der Waals surface area contributed by atoms with Crippen LogP contribution in [0.25, 0.3) is 0 Å². The Hall–Kier alpha value is -2.31. The van der Waals surface area contributed by atoms with Crippen molar-refractivity contribution in [3.8, 4) is 0 Å². The maximum Gasteiger partial charge on any atom is 0.242 e. The van der Waals surface area contributed by atoms with E-state index in [1.807, 2.05) is 0 Å². The number of nitrogens with one attached hydrogen (secondary N) is 1. The van der Waals surface area contributed by atoms with E-state index in [1.165, 1.54) is 18.2 Å². The van der Waals surface area contributed by atoms with Gasteiger partial charge in [0.1, 0.15) is 6.04 Å². The molecule has 1 heterocycles. The molecule has 3 rings (SSSR count). The summed E-state index contributed by atoms with van der Waals surface area (Å²) in [5, 5.41) is 0. The van der Waals surface area contributed by atoms with Crippen molar-refractivity contribution in [1.29, 1.82) is 0 Å². The summed E-state index contributed by atoms with van der Waals surface area (Å²) in [6.45, 7) is 0. The minimum absolute atomic E-state index is 0.0468. The second-order valence-electron chi connectivity index (χ2n) is 4.64. The van der Waals surface area contributed by atoms with Crippen molar-refractivity contribution in [1.82, 2.24) is 4.72 Å². The molecule has 0 fully saturated rings. The van der Waals surface area contributed by atoms with Gasteiger partial charge in [0.05, 0.1) is 4.90 Å². The topological polar surface area (TPSA) is 80.3 Å². The first kappa shape index (κ1) is 13.7. The highest BCUT2D eigenvalue weighted by Gasteiger charge is 2.40. The maximum atomic E-state index is 12.4. The monoisotopic (exact) mass is 301 g/mol. The minimum atomic E-state index is -3.87. The fourth-order valence-electron chi connectivity index (χ4n) is 2.27. The molecule has 2 aromatic rings. The van der Waals surface area contributed by atoms with Crippen LogP contribution >= 0.6 is 0 Å². The lowest BCUT2D eigenvalue weighted by atomic mass is 9.97. The summed E-state index contributed by atoms with van der Waals surface area (Å²) >= 11 is 0. The predicted octanol–water partition coefficient (Wildman–Crippen LogP) is 1.41. The third kappa shape index (κ3) is 2.28. The highest BCUT2D eigenvalue weighted by atomic mass is 32.2. The van der Waals surface area contributed by atoms with Crippen molar-refractivity contribution in [3.63, 3.8) is 0 Å². The summed E-state index contributed by atoms with van der Waals surface area (Å²) in [4.78, 5) is 24.6. The zero-order valence-corrected chi connectivity index (χ0v) is 11.6. The zero-order chi connectivity index (χ0) is 15.0. The molecule has 106 valence electrons. The van der Waals surface area contributed by atoms with Gasteiger partial charge in [0.2, 0.25) is 10.0 Å². The van der Waals surface area contributed by atoms with E-state index in [-0.39, 0.29) is 16.0 Å². The van der Waals surface area contributed by atoms with Gasteiger partial charge in [-0.1, -0.05) is 42.5 Å². The number of hydrogen-bond donors (Lipinski definition) is 1. The third-order valence-corrected chi connectivity index (χ3v) is 4.78. The molecule has 5 nitrogen and oxygen atoms in total. The van der Waals surface area contributed by atoms with E-state index in [2.05, 4.69) is 4.72 Å². The molecule has 0 saturated carbocycles. The lowest BCUT2D eigenvalue weighted by molar-refractivity contribution is 0.0846. The molecule has 0 spiro atoms. The van der Waals surface area contributed by atoms with E-state index in [1.54, 1.807) is 36.4 Å². The van der Waals surface area contributed by atoms with Gasteiger partial charge in [-0.25, -0.2) is 8.42 Å². The van der Waals surface area contributed by atoms with Crippen LogP contribution in [0.2, 0.25) is 0 Å². The van der Waals surface area contributed by atoms with Crippen LogP contribution in [0.5, 0.6) is 0 Å². The molecule has 1 unspecified atom stereocenters. The van der Waals surface area contributed by atoms with E-state index in [9.17, 15) is 18.0 Å². The molecule has 2 aromatic carbocycles. The zero-order valence-electron chi connectivity index (χ0n) is 10.8. The number of carbonyl (C=O) groups is 2. The second kappa shape index (κ2) is 4.91. The predicted molar refractivity (Wildman–Crippen MR) is 75.7 cm³/mol. The Morgan fingerprint density at radius 2 is 1.57 bits per heavy atom. The highest BCUT2D eigenvalue weighted by Crippen LogP contribution is 2.24. The smallest absolute Gasteiger partial charge is 0.242 e. The van der Waals surface area contributed by atoms with Crippen LogP contribution in [-0.2, 0) is 10.0 Å². The first-order valence-corrected chi connectivity index (χ1v) is 7.74. The van der Waals surface area contributed by atoms with E-state index >= 15 is 0 Å². The molecule has 6 heteroatoms. The maximum absolute atomic E-state index is 12.4. The summed E-state index contributed by atoms with van der Waals surface area (Å²) < 4.78 is 26.5. The molecule has 0 bridgehead atoms. The van der Waals surface area contributed by atoms with Crippen LogP contribution in [0, 0.1) is 0 Å². The molecule has 1 aliphatic heterocycles. The quantitative estimate of drug-likeness (QED) is 0.672. The van der Waals surface area contributed by atoms with E-state index in [0.29, 0.717) is 0 Å². The van der Waals surface area contributed by atoms with E-state index in [0.717, 1.165) is 0 Å². The average molecular weight is 301 g/mol. The summed E-state index contributed by atoms with van der Waals surface area (Å²) in [5.41, 5.74) is 0.337. The lowest BCUT2D eigenvalue weighted by Gasteiger charge is -2.23. The summed E-state index contributed by atoms with van der Waals surface area (Å²) in [7, 11) is -3.87. The van der Waals surface area contributed by atoms with Gasteiger partial charge >= 0.3 is 0 Å². The number of fused-ring (bicyclic) bond motifs is 1. The molecule has 0 radical (unpaired) electrons. The molecule has 0 saturated heterocycles. The van der Waals surface area contributed by atoms with Crippen molar-refractivity contribution >= 4 is 21.6 Å². The number of ketones is 2. The van der Waals surface area contributed by atoms with E-state index in [4.69, 9.17) is 0 Å². The molecule has 1 aliphatic rings. The SMILES string of the molecule is O=C(c1ccccc1)C1NS(=O)(=O)c2ccccc2C1=O. The fraction of sp³-hybridized carbons (Fsp3) is 0.0667. The minimum Gasteiger partial charge on any atom is -0.292 e. The Morgan fingerprint density at radius 1 is 0.952 bits per heavy atom. The van der Waals surface area contributed by atoms with Crippen LogP contribution in [-0.4, -0.2) is 26.0 Å². The standard InChI is InChI=1S/C15H11NO4S/c17-14(10-6-2-1-3-7-10)13-15(18)11-8-4-5-9-12(11)21(19,20)16-13/h1-9,13,16H. The molecule has 1 N–H and O–H groups in total. The Bertz CT molecular complexity index is 828. The number of rotatable bonds is 2. The molecule has 1 atom stereocenters. The average Bonchev–Trinajstić information content (AvgIpc) is 2.51. The number of benzene rings is 2. The number of hydrogen-bond acceptors (Lipinski definition) is 4. The fourth-order valence-corrected chi connectivity index (χ4v) is 3.64. The Labute approximate surface area is 121 Å². The van der Waals surface area contributed by atoms with Crippen LogP contribution in [0.1, 0.15) is 20.7 Å². The Kier molecular flexibility index (Phi) is 3.19. The van der Waals surface area contributed by atoms with Gasteiger partial charge in [0.25, 0.3) is 0 Å². The molecular weight excluding hydrogens is 290 g/mol. The summed E-state index contributed by atoms with van der Waals surface area (Å²) in [6, 6.07) is 12.6. The molecule has 21 heavy (non-hydrogen) atoms. The van der Waals surface area contributed by atoms with Crippen LogP contribution in [0.15, 0.2) is 59.5 Å². The van der Waals surface area contributed by atoms with Crippen molar-refractivity contribution < 1.29 is 18.0 Å². The summed E-state index contributed by atoms with van der Waals surface area (Å²) in [6.07, 6.45) is 0. The second-order valence-corrected chi connectivity index (χ2v) is 6.33. The van der Waals surface area contributed by atoms with Gasteiger partial charge in [0.15, 0.2) is 11.6 Å². The number of Topliss-reactive ketones (excluding diaryl/α,β-unsaturated/α-hetero) is 2. The van der Waals surface area contributed by atoms with Gasteiger partial charge in [-0.05, 0) is 12.1 Å². The normalized spacial score (nSPS) is 19.8. The first-order chi connectivity index (χ1) is 10.0. The molecule has 0 aliphatic carbocycles.